The van der Waals surface area contributed by atoms with E-state index in [1.165, 1.54) is 42.3 Å². The van der Waals surface area contributed by atoms with E-state index < -0.39 is 11.7 Å². The summed E-state index contributed by atoms with van der Waals surface area (Å²) in [6.45, 7) is 0. The van der Waals surface area contributed by atoms with Gasteiger partial charge >= 0.3 is 5.91 Å². The van der Waals surface area contributed by atoms with E-state index >= 15 is 0 Å². The number of hydroxylamine groups is 2. The van der Waals surface area contributed by atoms with Gasteiger partial charge in [-0.1, -0.05) is 12.1 Å². The second-order valence-electron chi connectivity index (χ2n) is 4.61. The summed E-state index contributed by atoms with van der Waals surface area (Å²) >= 11 is 1.46. The molecule has 0 atom stereocenters. The Bertz CT molecular complexity index is 832. The van der Waals surface area contributed by atoms with Gasteiger partial charge in [0.15, 0.2) is 5.82 Å². The standard InChI is InChI=1S/C15H13FN4O2S/c1-19(22-2)15(21)13-17-14(12-7-4-8-23-12)20(18-13)11-6-3-5-10(16)9-11/h3-9H,1-2H3. The van der Waals surface area contributed by atoms with Crippen molar-refractivity contribution >= 4 is 17.2 Å². The number of carbonyl (C=O) groups is 1. The number of amides is 1. The molecule has 0 unspecified atom stereocenters. The molecule has 2 aromatic heterocycles. The van der Waals surface area contributed by atoms with Crippen molar-refractivity contribution in [1.82, 2.24) is 19.8 Å². The van der Waals surface area contributed by atoms with Gasteiger partial charge in [0.1, 0.15) is 5.82 Å². The Morgan fingerprint density at radius 2 is 2.17 bits per heavy atom. The van der Waals surface area contributed by atoms with Gasteiger partial charge in [0.25, 0.3) is 0 Å². The summed E-state index contributed by atoms with van der Waals surface area (Å²) in [5.74, 6) is -0.432. The molecule has 0 aliphatic carbocycles. The second-order valence-corrected chi connectivity index (χ2v) is 5.56. The van der Waals surface area contributed by atoms with Crippen LogP contribution >= 0.6 is 11.3 Å². The number of halogens is 1. The summed E-state index contributed by atoms with van der Waals surface area (Å²) in [5.41, 5.74) is 0.486. The molecule has 0 aliphatic heterocycles. The molecule has 0 saturated carbocycles. The molecule has 8 heteroatoms. The van der Waals surface area contributed by atoms with Crippen LogP contribution in [0.1, 0.15) is 10.6 Å². The van der Waals surface area contributed by atoms with Crippen molar-refractivity contribution in [1.29, 1.82) is 0 Å². The number of benzene rings is 1. The Balaban J connectivity index is 2.13. The average molecular weight is 332 g/mol. The zero-order valence-electron chi connectivity index (χ0n) is 12.4. The van der Waals surface area contributed by atoms with Crippen molar-refractivity contribution in [2.45, 2.75) is 0 Å². The smallest absolute Gasteiger partial charge is 0.274 e. The van der Waals surface area contributed by atoms with Crippen molar-refractivity contribution in [3.63, 3.8) is 0 Å². The van der Waals surface area contributed by atoms with Crippen molar-refractivity contribution in [3.05, 3.63) is 53.4 Å². The van der Waals surface area contributed by atoms with Crippen LogP contribution in [0, 0.1) is 5.82 Å². The van der Waals surface area contributed by atoms with Gasteiger partial charge in [-0.15, -0.1) is 16.4 Å². The molecule has 0 saturated heterocycles. The van der Waals surface area contributed by atoms with Crippen LogP contribution in [0.2, 0.25) is 0 Å². The van der Waals surface area contributed by atoms with Crippen LogP contribution in [-0.4, -0.2) is 39.9 Å². The lowest BCUT2D eigenvalue weighted by atomic mass is 10.3. The van der Waals surface area contributed by atoms with Crippen LogP contribution in [0.4, 0.5) is 4.39 Å². The van der Waals surface area contributed by atoms with E-state index in [4.69, 9.17) is 4.84 Å². The Labute approximate surface area is 135 Å². The average Bonchev–Trinajstić information content (AvgIpc) is 3.22. The maximum Gasteiger partial charge on any atom is 0.316 e. The molecule has 23 heavy (non-hydrogen) atoms. The third-order valence-electron chi connectivity index (χ3n) is 3.15. The molecule has 1 aromatic carbocycles. The van der Waals surface area contributed by atoms with E-state index in [-0.39, 0.29) is 5.82 Å². The van der Waals surface area contributed by atoms with Crippen LogP contribution in [-0.2, 0) is 4.84 Å². The number of hydrogen-bond acceptors (Lipinski definition) is 5. The summed E-state index contributed by atoms with van der Waals surface area (Å²) in [7, 11) is 2.84. The summed E-state index contributed by atoms with van der Waals surface area (Å²) in [5, 5.41) is 7.14. The fourth-order valence-electron chi connectivity index (χ4n) is 1.98. The predicted octanol–water partition coefficient (Wildman–Crippen LogP) is 2.77. The Morgan fingerprint density at radius 3 is 2.83 bits per heavy atom. The lowest BCUT2D eigenvalue weighted by Crippen LogP contribution is -2.26. The lowest BCUT2D eigenvalue weighted by Gasteiger charge is -2.10. The second kappa shape index (κ2) is 6.27. The van der Waals surface area contributed by atoms with Crippen molar-refractivity contribution in [3.8, 4) is 16.4 Å². The van der Waals surface area contributed by atoms with Gasteiger partial charge in [0.2, 0.25) is 5.82 Å². The van der Waals surface area contributed by atoms with Gasteiger partial charge < -0.3 is 0 Å². The minimum atomic E-state index is -0.486. The van der Waals surface area contributed by atoms with E-state index in [0.29, 0.717) is 11.5 Å². The molecule has 3 rings (SSSR count). The van der Waals surface area contributed by atoms with Crippen LogP contribution in [0.15, 0.2) is 41.8 Å². The summed E-state index contributed by atoms with van der Waals surface area (Å²) in [6, 6.07) is 9.68. The first-order valence-electron chi connectivity index (χ1n) is 6.69. The fourth-order valence-corrected chi connectivity index (χ4v) is 2.68. The van der Waals surface area contributed by atoms with Gasteiger partial charge in [0.05, 0.1) is 17.7 Å². The molecular weight excluding hydrogens is 319 g/mol. The van der Waals surface area contributed by atoms with Crippen molar-refractivity contribution in [2.24, 2.45) is 0 Å². The quantitative estimate of drug-likeness (QED) is 0.689. The van der Waals surface area contributed by atoms with Crippen LogP contribution in [0.5, 0.6) is 0 Å². The van der Waals surface area contributed by atoms with Crippen LogP contribution < -0.4 is 0 Å². The zero-order chi connectivity index (χ0) is 16.4. The molecule has 6 nitrogen and oxygen atoms in total. The van der Waals surface area contributed by atoms with E-state index in [1.807, 2.05) is 17.5 Å². The number of rotatable bonds is 4. The number of thiophene rings is 1. The van der Waals surface area contributed by atoms with Crippen LogP contribution in [0.25, 0.3) is 16.4 Å². The van der Waals surface area contributed by atoms with E-state index in [2.05, 4.69) is 10.1 Å². The summed E-state index contributed by atoms with van der Waals surface area (Å²) in [4.78, 5) is 22.2. The highest BCUT2D eigenvalue weighted by atomic mass is 32.1. The van der Waals surface area contributed by atoms with Crippen molar-refractivity contribution < 1.29 is 14.0 Å². The first-order valence-corrected chi connectivity index (χ1v) is 7.57. The lowest BCUT2D eigenvalue weighted by molar-refractivity contribution is -0.0764. The molecule has 0 spiro atoms. The topological polar surface area (TPSA) is 60.2 Å². The monoisotopic (exact) mass is 332 g/mol. The third kappa shape index (κ3) is 2.99. The molecular formula is C15H13FN4O2S. The molecule has 0 N–H and O–H groups in total. The predicted molar refractivity (Wildman–Crippen MR) is 83.7 cm³/mol. The zero-order valence-corrected chi connectivity index (χ0v) is 13.2. The molecule has 0 radical (unpaired) electrons. The number of hydrogen-bond donors (Lipinski definition) is 0. The number of nitrogens with zero attached hydrogens (tertiary/aromatic N) is 4. The minimum absolute atomic E-state index is 0.0259. The Hall–Kier alpha value is -2.58. The van der Waals surface area contributed by atoms with Gasteiger partial charge in [-0.2, -0.15) is 0 Å². The maximum atomic E-state index is 13.5. The molecule has 3 aromatic rings. The molecule has 1 amide bonds. The fraction of sp³-hybridized carbons (Fsp3) is 0.133. The largest absolute Gasteiger partial charge is 0.316 e. The maximum absolute atomic E-state index is 13.5. The van der Waals surface area contributed by atoms with E-state index in [1.54, 1.807) is 12.1 Å². The first kappa shape index (κ1) is 15.3. The van der Waals surface area contributed by atoms with Gasteiger partial charge in [-0.05, 0) is 29.6 Å². The van der Waals surface area contributed by atoms with E-state index in [0.717, 1.165) is 9.94 Å². The number of aromatic nitrogens is 3. The van der Waals surface area contributed by atoms with Crippen molar-refractivity contribution in [2.75, 3.05) is 14.2 Å². The highest BCUT2D eigenvalue weighted by Crippen LogP contribution is 2.26. The highest BCUT2D eigenvalue weighted by molar-refractivity contribution is 7.13. The molecule has 0 aliphatic rings. The first-order chi connectivity index (χ1) is 11.1. The van der Waals surface area contributed by atoms with E-state index in [9.17, 15) is 9.18 Å². The molecule has 0 bridgehead atoms. The molecule has 118 valence electrons. The van der Waals surface area contributed by atoms with Gasteiger partial charge in [-0.3, -0.25) is 9.63 Å². The molecule has 2 heterocycles. The van der Waals surface area contributed by atoms with Crippen LogP contribution in [0.3, 0.4) is 0 Å². The highest BCUT2D eigenvalue weighted by Gasteiger charge is 2.22. The number of carbonyl (C=O) groups excluding carboxylic acids is 1. The summed E-state index contributed by atoms with van der Waals surface area (Å²) < 4.78 is 15.0. The van der Waals surface area contributed by atoms with Gasteiger partial charge in [-0.25, -0.2) is 19.1 Å². The Kier molecular flexibility index (Phi) is 4.18. The van der Waals surface area contributed by atoms with Gasteiger partial charge in [0, 0.05) is 7.05 Å². The normalized spacial score (nSPS) is 10.7. The molecule has 0 fully saturated rings. The SMILES string of the molecule is CON(C)C(=O)c1nc(-c2cccs2)n(-c2cccc(F)c2)n1. The minimum Gasteiger partial charge on any atom is -0.274 e. The third-order valence-corrected chi connectivity index (χ3v) is 4.02. The summed E-state index contributed by atoms with van der Waals surface area (Å²) in [6.07, 6.45) is 0. The Morgan fingerprint density at radius 1 is 1.35 bits per heavy atom.